The van der Waals surface area contributed by atoms with E-state index in [0.29, 0.717) is 17.7 Å². The number of nitrogens with one attached hydrogen (secondary N) is 1. The Morgan fingerprint density at radius 2 is 2.19 bits per heavy atom. The SMILES string of the molecule is CCC(C)NCCOc1ccc(C)cc1Cl. The lowest BCUT2D eigenvalue weighted by molar-refractivity contribution is 0.306. The van der Waals surface area contributed by atoms with E-state index in [4.69, 9.17) is 16.3 Å². The van der Waals surface area contributed by atoms with Gasteiger partial charge in [-0.25, -0.2) is 0 Å². The van der Waals surface area contributed by atoms with Gasteiger partial charge in [-0.1, -0.05) is 24.6 Å². The Hall–Kier alpha value is -0.730. The highest BCUT2D eigenvalue weighted by atomic mass is 35.5. The van der Waals surface area contributed by atoms with Crippen molar-refractivity contribution in [1.82, 2.24) is 5.32 Å². The van der Waals surface area contributed by atoms with Crippen LogP contribution >= 0.6 is 11.6 Å². The minimum atomic E-state index is 0.539. The van der Waals surface area contributed by atoms with Crippen LogP contribution in [-0.2, 0) is 0 Å². The quantitative estimate of drug-likeness (QED) is 0.771. The third-order valence-electron chi connectivity index (χ3n) is 2.55. The molecule has 1 rings (SSSR count). The summed E-state index contributed by atoms with van der Waals surface area (Å²) < 4.78 is 5.59. The molecule has 1 atom stereocenters. The molecule has 0 aliphatic heterocycles. The number of hydrogen-bond donors (Lipinski definition) is 1. The van der Waals surface area contributed by atoms with Crippen LogP contribution in [0.1, 0.15) is 25.8 Å². The van der Waals surface area contributed by atoms with Gasteiger partial charge in [-0.05, 0) is 38.0 Å². The van der Waals surface area contributed by atoms with E-state index < -0.39 is 0 Å². The first-order valence-electron chi connectivity index (χ1n) is 5.75. The second kappa shape index (κ2) is 6.77. The summed E-state index contributed by atoms with van der Waals surface area (Å²) in [6.45, 7) is 7.83. The van der Waals surface area contributed by atoms with Crippen LogP contribution in [0.25, 0.3) is 0 Å². The van der Waals surface area contributed by atoms with Crippen molar-refractivity contribution in [3.63, 3.8) is 0 Å². The Labute approximate surface area is 103 Å². The fourth-order valence-electron chi connectivity index (χ4n) is 1.33. The van der Waals surface area contributed by atoms with E-state index in [-0.39, 0.29) is 0 Å². The van der Waals surface area contributed by atoms with E-state index in [1.165, 1.54) is 0 Å². The Bertz CT molecular complexity index is 328. The Morgan fingerprint density at radius 3 is 2.81 bits per heavy atom. The summed E-state index contributed by atoms with van der Waals surface area (Å²) in [5.41, 5.74) is 1.15. The maximum atomic E-state index is 6.05. The van der Waals surface area contributed by atoms with Crippen molar-refractivity contribution in [1.29, 1.82) is 0 Å². The maximum Gasteiger partial charge on any atom is 0.137 e. The summed E-state index contributed by atoms with van der Waals surface area (Å²) in [7, 11) is 0. The molecule has 1 N–H and O–H groups in total. The predicted octanol–water partition coefficient (Wildman–Crippen LogP) is 3.42. The van der Waals surface area contributed by atoms with Gasteiger partial charge >= 0.3 is 0 Å². The Kier molecular flexibility index (Phi) is 5.64. The van der Waals surface area contributed by atoms with Crippen molar-refractivity contribution in [2.45, 2.75) is 33.2 Å². The van der Waals surface area contributed by atoms with E-state index in [2.05, 4.69) is 19.2 Å². The standard InChI is InChI=1S/C13H20ClNO/c1-4-11(3)15-7-8-16-13-6-5-10(2)9-12(13)14/h5-6,9,11,15H,4,7-8H2,1-3H3. The number of halogens is 1. The van der Waals surface area contributed by atoms with Gasteiger partial charge in [-0.3, -0.25) is 0 Å². The average Bonchev–Trinajstić information content (AvgIpc) is 2.26. The highest BCUT2D eigenvalue weighted by Crippen LogP contribution is 2.24. The first-order chi connectivity index (χ1) is 7.63. The van der Waals surface area contributed by atoms with Crippen LogP contribution in [0.4, 0.5) is 0 Å². The molecule has 1 aromatic carbocycles. The molecule has 0 aromatic heterocycles. The van der Waals surface area contributed by atoms with Crippen LogP contribution in [0.5, 0.6) is 5.75 Å². The van der Waals surface area contributed by atoms with Crippen LogP contribution in [0, 0.1) is 6.92 Å². The number of benzene rings is 1. The minimum Gasteiger partial charge on any atom is -0.491 e. The lowest BCUT2D eigenvalue weighted by Crippen LogP contribution is -2.29. The van der Waals surface area contributed by atoms with Crippen LogP contribution in [0.15, 0.2) is 18.2 Å². The first kappa shape index (κ1) is 13.3. The molecule has 3 heteroatoms. The summed E-state index contributed by atoms with van der Waals surface area (Å²) in [6.07, 6.45) is 1.13. The highest BCUT2D eigenvalue weighted by Gasteiger charge is 2.01. The number of rotatable bonds is 6. The molecular weight excluding hydrogens is 222 g/mol. The first-order valence-corrected chi connectivity index (χ1v) is 6.13. The molecule has 0 amide bonds. The van der Waals surface area contributed by atoms with Gasteiger partial charge in [0.1, 0.15) is 12.4 Å². The second-order valence-corrected chi connectivity index (χ2v) is 4.45. The van der Waals surface area contributed by atoms with Gasteiger partial charge in [0, 0.05) is 12.6 Å². The Balaban J connectivity index is 2.32. The average molecular weight is 242 g/mol. The van der Waals surface area contributed by atoms with Gasteiger partial charge in [-0.2, -0.15) is 0 Å². The van der Waals surface area contributed by atoms with Crippen LogP contribution in [0.2, 0.25) is 5.02 Å². The van der Waals surface area contributed by atoms with Crippen LogP contribution in [-0.4, -0.2) is 19.2 Å². The van der Waals surface area contributed by atoms with Crippen molar-refractivity contribution < 1.29 is 4.74 Å². The van der Waals surface area contributed by atoms with E-state index in [9.17, 15) is 0 Å². The molecule has 0 saturated heterocycles. The largest absolute Gasteiger partial charge is 0.491 e. The van der Waals surface area contributed by atoms with Crippen molar-refractivity contribution in [3.05, 3.63) is 28.8 Å². The van der Waals surface area contributed by atoms with E-state index in [1.807, 2.05) is 25.1 Å². The molecule has 0 spiro atoms. The smallest absolute Gasteiger partial charge is 0.137 e. The number of ether oxygens (including phenoxy) is 1. The third-order valence-corrected chi connectivity index (χ3v) is 2.85. The van der Waals surface area contributed by atoms with Gasteiger partial charge in [0.15, 0.2) is 0 Å². The van der Waals surface area contributed by atoms with Crippen molar-refractivity contribution in [2.24, 2.45) is 0 Å². The molecule has 90 valence electrons. The van der Waals surface area contributed by atoms with Gasteiger partial charge in [-0.15, -0.1) is 0 Å². The molecule has 0 radical (unpaired) electrons. The fourth-order valence-corrected chi connectivity index (χ4v) is 1.62. The molecule has 1 unspecified atom stereocenters. The molecule has 16 heavy (non-hydrogen) atoms. The zero-order chi connectivity index (χ0) is 12.0. The topological polar surface area (TPSA) is 21.3 Å². The van der Waals surface area contributed by atoms with Crippen LogP contribution in [0.3, 0.4) is 0 Å². The maximum absolute atomic E-state index is 6.05. The summed E-state index contributed by atoms with van der Waals surface area (Å²) in [4.78, 5) is 0. The molecular formula is C13H20ClNO. The van der Waals surface area contributed by atoms with Gasteiger partial charge in [0.2, 0.25) is 0 Å². The predicted molar refractivity (Wildman–Crippen MR) is 69.4 cm³/mol. The summed E-state index contributed by atoms with van der Waals surface area (Å²) in [5, 5.41) is 4.05. The van der Waals surface area contributed by atoms with E-state index in [1.54, 1.807) is 0 Å². The molecule has 2 nitrogen and oxygen atoms in total. The zero-order valence-corrected chi connectivity index (χ0v) is 11.0. The van der Waals surface area contributed by atoms with Crippen molar-refractivity contribution in [2.75, 3.05) is 13.2 Å². The monoisotopic (exact) mass is 241 g/mol. The summed E-state index contributed by atoms with van der Waals surface area (Å²) >= 11 is 6.05. The minimum absolute atomic E-state index is 0.539. The number of aryl methyl sites for hydroxylation is 1. The van der Waals surface area contributed by atoms with Crippen LogP contribution < -0.4 is 10.1 Å². The summed E-state index contributed by atoms with van der Waals surface area (Å²) in [5.74, 6) is 0.762. The van der Waals surface area contributed by atoms with E-state index >= 15 is 0 Å². The fraction of sp³-hybridized carbons (Fsp3) is 0.538. The third kappa shape index (κ3) is 4.42. The summed E-state index contributed by atoms with van der Waals surface area (Å²) in [6, 6.07) is 6.38. The normalized spacial score (nSPS) is 12.5. The molecule has 0 aliphatic carbocycles. The number of hydrogen-bond acceptors (Lipinski definition) is 2. The van der Waals surface area contributed by atoms with Gasteiger partial charge < -0.3 is 10.1 Å². The molecule has 0 aliphatic rings. The lowest BCUT2D eigenvalue weighted by atomic mass is 10.2. The molecule has 0 bridgehead atoms. The van der Waals surface area contributed by atoms with Gasteiger partial charge in [0.25, 0.3) is 0 Å². The molecule has 1 aromatic rings. The zero-order valence-electron chi connectivity index (χ0n) is 10.2. The lowest BCUT2D eigenvalue weighted by Gasteiger charge is -2.12. The van der Waals surface area contributed by atoms with Gasteiger partial charge in [0.05, 0.1) is 5.02 Å². The molecule has 0 heterocycles. The molecule has 0 saturated carbocycles. The van der Waals surface area contributed by atoms with E-state index in [0.717, 1.165) is 24.3 Å². The van der Waals surface area contributed by atoms with Crippen molar-refractivity contribution in [3.8, 4) is 5.75 Å². The Morgan fingerprint density at radius 1 is 1.44 bits per heavy atom. The van der Waals surface area contributed by atoms with Crippen molar-refractivity contribution >= 4 is 11.6 Å². The molecule has 0 fully saturated rings. The highest BCUT2D eigenvalue weighted by molar-refractivity contribution is 6.32. The second-order valence-electron chi connectivity index (χ2n) is 4.05.